The molecular weight excluding hydrogens is 275 g/mol. The van der Waals surface area contributed by atoms with Crippen molar-refractivity contribution in [2.24, 2.45) is 0 Å². The molecule has 0 heterocycles. The standard InChI is InChI=1S/C16H15FO2S/c1-11-4-2-5-12(8-11)9-20-10-13-6-3-7-14(15(13)17)16(18)19/h2-8H,9-10H2,1H3,(H,18,19). The summed E-state index contributed by atoms with van der Waals surface area (Å²) in [6, 6.07) is 12.6. The topological polar surface area (TPSA) is 37.3 Å². The molecule has 0 saturated heterocycles. The number of halogens is 1. The van der Waals surface area contributed by atoms with Crippen molar-refractivity contribution in [3.05, 3.63) is 70.5 Å². The average Bonchev–Trinajstić information content (AvgIpc) is 2.40. The average molecular weight is 290 g/mol. The molecule has 0 saturated carbocycles. The molecule has 0 aliphatic rings. The highest BCUT2D eigenvalue weighted by Crippen LogP contribution is 2.22. The molecule has 0 bridgehead atoms. The molecule has 2 aromatic carbocycles. The van der Waals surface area contributed by atoms with E-state index in [1.165, 1.54) is 17.2 Å². The van der Waals surface area contributed by atoms with E-state index < -0.39 is 11.8 Å². The summed E-state index contributed by atoms with van der Waals surface area (Å²) in [6.07, 6.45) is 0. The van der Waals surface area contributed by atoms with Crippen molar-refractivity contribution < 1.29 is 14.3 Å². The summed E-state index contributed by atoms with van der Waals surface area (Å²) in [6.45, 7) is 2.03. The van der Waals surface area contributed by atoms with Gasteiger partial charge < -0.3 is 5.11 Å². The summed E-state index contributed by atoms with van der Waals surface area (Å²) in [5.74, 6) is -0.621. The highest BCUT2D eigenvalue weighted by Gasteiger charge is 2.13. The normalized spacial score (nSPS) is 10.5. The van der Waals surface area contributed by atoms with E-state index >= 15 is 0 Å². The van der Waals surface area contributed by atoms with Crippen LogP contribution in [0.25, 0.3) is 0 Å². The van der Waals surface area contributed by atoms with Gasteiger partial charge in [0.15, 0.2) is 0 Å². The van der Waals surface area contributed by atoms with Crippen LogP contribution >= 0.6 is 11.8 Å². The molecule has 0 radical (unpaired) electrons. The second-order valence-corrected chi connectivity index (χ2v) is 5.55. The van der Waals surface area contributed by atoms with Crippen molar-refractivity contribution in [1.29, 1.82) is 0 Å². The van der Waals surface area contributed by atoms with Crippen LogP contribution in [0.15, 0.2) is 42.5 Å². The van der Waals surface area contributed by atoms with Gasteiger partial charge in [-0.15, -0.1) is 0 Å². The Morgan fingerprint density at radius 2 is 1.95 bits per heavy atom. The van der Waals surface area contributed by atoms with E-state index in [1.54, 1.807) is 23.9 Å². The lowest BCUT2D eigenvalue weighted by molar-refractivity contribution is 0.0691. The predicted octanol–water partition coefficient (Wildman–Crippen LogP) is 4.27. The third-order valence-electron chi connectivity index (χ3n) is 2.92. The van der Waals surface area contributed by atoms with Gasteiger partial charge in [0.1, 0.15) is 5.82 Å². The Morgan fingerprint density at radius 1 is 1.20 bits per heavy atom. The predicted molar refractivity (Wildman–Crippen MR) is 79.5 cm³/mol. The van der Waals surface area contributed by atoms with E-state index in [4.69, 9.17) is 5.11 Å². The highest BCUT2D eigenvalue weighted by atomic mass is 32.2. The van der Waals surface area contributed by atoms with Crippen LogP contribution in [0.4, 0.5) is 4.39 Å². The van der Waals surface area contributed by atoms with E-state index in [9.17, 15) is 9.18 Å². The number of hydrogen-bond acceptors (Lipinski definition) is 2. The molecule has 4 heteroatoms. The largest absolute Gasteiger partial charge is 0.478 e. The summed E-state index contributed by atoms with van der Waals surface area (Å²) >= 11 is 1.57. The van der Waals surface area contributed by atoms with Gasteiger partial charge in [-0.3, -0.25) is 0 Å². The fourth-order valence-corrected chi connectivity index (χ4v) is 2.90. The summed E-state index contributed by atoms with van der Waals surface area (Å²) in [7, 11) is 0. The number of carboxylic acids is 1. The molecule has 1 N–H and O–H groups in total. The van der Waals surface area contributed by atoms with Crippen molar-refractivity contribution in [1.82, 2.24) is 0 Å². The van der Waals surface area contributed by atoms with Gasteiger partial charge in [0, 0.05) is 11.5 Å². The lowest BCUT2D eigenvalue weighted by atomic mass is 10.1. The third kappa shape index (κ3) is 3.61. The zero-order valence-corrected chi connectivity index (χ0v) is 11.9. The quantitative estimate of drug-likeness (QED) is 0.893. The monoisotopic (exact) mass is 290 g/mol. The zero-order valence-electron chi connectivity index (χ0n) is 11.1. The number of thioether (sulfide) groups is 1. The van der Waals surface area contributed by atoms with Gasteiger partial charge in [0.2, 0.25) is 0 Å². The Bertz CT molecular complexity index is 626. The van der Waals surface area contributed by atoms with Gasteiger partial charge in [-0.2, -0.15) is 11.8 Å². The summed E-state index contributed by atoms with van der Waals surface area (Å²) < 4.78 is 13.9. The molecule has 20 heavy (non-hydrogen) atoms. The van der Waals surface area contributed by atoms with E-state index in [0.29, 0.717) is 11.3 Å². The van der Waals surface area contributed by atoms with Crippen molar-refractivity contribution in [3.63, 3.8) is 0 Å². The van der Waals surface area contributed by atoms with Gasteiger partial charge >= 0.3 is 5.97 Å². The van der Waals surface area contributed by atoms with Crippen LogP contribution in [0, 0.1) is 12.7 Å². The zero-order chi connectivity index (χ0) is 14.5. The highest BCUT2D eigenvalue weighted by molar-refractivity contribution is 7.97. The Balaban J connectivity index is 2.01. The smallest absolute Gasteiger partial charge is 0.338 e. The van der Waals surface area contributed by atoms with Crippen LogP contribution in [0.5, 0.6) is 0 Å². The van der Waals surface area contributed by atoms with Crippen LogP contribution in [0.2, 0.25) is 0 Å². The van der Waals surface area contributed by atoms with Crippen molar-refractivity contribution in [3.8, 4) is 0 Å². The van der Waals surface area contributed by atoms with E-state index in [0.717, 1.165) is 5.75 Å². The number of aromatic carboxylic acids is 1. The molecule has 0 spiro atoms. The van der Waals surface area contributed by atoms with Crippen LogP contribution in [0.1, 0.15) is 27.0 Å². The summed E-state index contributed by atoms with van der Waals surface area (Å²) in [5, 5.41) is 8.88. The molecule has 0 aliphatic heterocycles. The fraction of sp³-hybridized carbons (Fsp3) is 0.188. The Labute approximate surface area is 121 Å². The molecule has 0 unspecified atom stereocenters. The van der Waals surface area contributed by atoms with E-state index in [1.807, 2.05) is 25.1 Å². The fourth-order valence-electron chi connectivity index (χ4n) is 1.94. The molecular formula is C16H15FO2S. The van der Waals surface area contributed by atoms with E-state index in [2.05, 4.69) is 6.07 Å². The van der Waals surface area contributed by atoms with Crippen LogP contribution in [0.3, 0.4) is 0 Å². The lowest BCUT2D eigenvalue weighted by Crippen LogP contribution is -2.03. The van der Waals surface area contributed by atoms with Crippen LogP contribution in [-0.4, -0.2) is 11.1 Å². The molecule has 0 fully saturated rings. The van der Waals surface area contributed by atoms with Gasteiger partial charge in [-0.25, -0.2) is 9.18 Å². The maximum Gasteiger partial charge on any atom is 0.338 e. The number of aryl methyl sites for hydroxylation is 1. The minimum absolute atomic E-state index is 0.265. The molecule has 0 aromatic heterocycles. The van der Waals surface area contributed by atoms with Gasteiger partial charge in [-0.1, -0.05) is 42.0 Å². The maximum atomic E-state index is 13.9. The second kappa shape index (κ2) is 6.57. The molecule has 2 rings (SSSR count). The number of carbonyl (C=O) groups is 1. The molecule has 0 atom stereocenters. The molecule has 0 aliphatic carbocycles. The summed E-state index contributed by atoms with van der Waals surface area (Å²) in [4.78, 5) is 10.9. The first kappa shape index (κ1) is 14.6. The molecule has 2 aromatic rings. The Morgan fingerprint density at radius 3 is 2.65 bits per heavy atom. The molecule has 104 valence electrons. The molecule has 0 amide bonds. The van der Waals surface area contributed by atoms with Crippen molar-refractivity contribution in [2.75, 3.05) is 0 Å². The third-order valence-corrected chi connectivity index (χ3v) is 3.97. The minimum Gasteiger partial charge on any atom is -0.478 e. The second-order valence-electron chi connectivity index (χ2n) is 4.57. The number of benzene rings is 2. The number of rotatable bonds is 5. The van der Waals surface area contributed by atoms with Crippen molar-refractivity contribution in [2.45, 2.75) is 18.4 Å². The number of hydrogen-bond donors (Lipinski definition) is 1. The summed E-state index contributed by atoms with van der Waals surface area (Å²) in [5.41, 5.74) is 2.55. The molecule has 2 nitrogen and oxygen atoms in total. The van der Waals surface area contributed by atoms with Crippen LogP contribution < -0.4 is 0 Å². The van der Waals surface area contributed by atoms with Gasteiger partial charge in [0.25, 0.3) is 0 Å². The first-order valence-corrected chi connectivity index (χ1v) is 7.37. The van der Waals surface area contributed by atoms with Gasteiger partial charge in [-0.05, 0) is 24.1 Å². The number of carboxylic acid groups (broad SMARTS) is 1. The van der Waals surface area contributed by atoms with Crippen LogP contribution in [-0.2, 0) is 11.5 Å². The first-order chi connectivity index (χ1) is 9.58. The van der Waals surface area contributed by atoms with Gasteiger partial charge in [0.05, 0.1) is 5.56 Å². The minimum atomic E-state index is -1.23. The Kier molecular flexibility index (Phi) is 4.79. The Hall–Kier alpha value is -1.81. The maximum absolute atomic E-state index is 13.9. The first-order valence-electron chi connectivity index (χ1n) is 6.22. The SMILES string of the molecule is Cc1cccc(CSCc2cccc(C(=O)O)c2F)c1. The van der Waals surface area contributed by atoms with Crippen molar-refractivity contribution >= 4 is 17.7 Å². The van der Waals surface area contributed by atoms with E-state index in [-0.39, 0.29) is 5.56 Å². The lowest BCUT2D eigenvalue weighted by Gasteiger charge is -2.06.